The van der Waals surface area contributed by atoms with Crippen LogP contribution in [0.25, 0.3) is 5.65 Å². The highest BCUT2D eigenvalue weighted by Gasteiger charge is 2.12. The van der Waals surface area contributed by atoms with Crippen LogP contribution in [0.5, 0.6) is 0 Å². The van der Waals surface area contributed by atoms with Gasteiger partial charge in [0.05, 0.1) is 11.4 Å². The summed E-state index contributed by atoms with van der Waals surface area (Å²) in [6.07, 6.45) is 0.828. The first-order valence-corrected chi connectivity index (χ1v) is 6.49. The zero-order valence-corrected chi connectivity index (χ0v) is 11.0. The maximum Gasteiger partial charge on any atom is 0.137 e. The molecule has 0 bridgehead atoms. The van der Waals surface area contributed by atoms with Crippen LogP contribution < -0.4 is 5.73 Å². The third-order valence-electron chi connectivity index (χ3n) is 3.42. The molecule has 0 fully saturated rings. The van der Waals surface area contributed by atoms with Crippen LogP contribution >= 0.6 is 0 Å². The Balaban J connectivity index is 2.11. The quantitative estimate of drug-likeness (QED) is 0.777. The minimum Gasteiger partial charge on any atom is -0.325 e. The Morgan fingerprint density at radius 3 is 2.58 bits per heavy atom. The van der Waals surface area contributed by atoms with E-state index in [0.29, 0.717) is 6.54 Å². The Morgan fingerprint density at radius 1 is 1.05 bits per heavy atom. The van der Waals surface area contributed by atoms with Crippen molar-refractivity contribution in [2.24, 2.45) is 5.73 Å². The number of benzene rings is 1. The lowest BCUT2D eigenvalue weighted by Crippen LogP contribution is -2.06. The zero-order valence-electron chi connectivity index (χ0n) is 11.0. The van der Waals surface area contributed by atoms with Gasteiger partial charge in [-0.1, -0.05) is 36.4 Å². The van der Waals surface area contributed by atoms with Crippen LogP contribution in [-0.2, 0) is 13.0 Å². The molecule has 0 amide bonds. The predicted molar refractivity (Wildman–Crippen MR) is 77.1 cm³/mol. The highest BCUT2D eigenvalue weighted by atomic mass is 15.0. The molecule has 96 valence electrons. The van der Waals surface area contributed by atoms with Crippen molar-refractivity contribution < 1.29 is 0 Å². The van der Waals surface area contributed by atoms with Gasteiger partial charge in [0.1, 0.15) is 5.65 Å². The molecule has 0 unspecified atom stereocenters. The van der Waals surface area contributed by atoms with Gasteiger partial charge in [-0.3, -0.25) is 4.40 Å². The molecule has 3 heteroatoms. The zero-order chi connectivity index (χ0) is 13.2. The standard InChI is InChI=1S/C16H17N3/c1-12-6-5-9-16-18-14(15(11-17)19(12)16)10-13-7-3-2-4-8-13/h2-9H,10-11,17H2,1H3. The van der Waals surface area contributed by atoms with Crippen LogP contribution in [0.2, 0.25) is 0 Å². The van der Waals surface area contributed by atoms with Gasteiger partial charge < -0.3 is 5.73 Å². The van der Waals surface area contributed by atoms with Gasteiger partial charge in [0.15, 0.2) is 0 Å². The summed E-state index contributed by atoms with van der Waals surface area (Å²) in [6, 6.07) is 16.5. The number of nitrogens with two attached hydrogens (primary N) is 1. The van der Waals surface area contributed by atoms with E-state index in [9.17, 15) is 0 Å². The fraction of sp³-hybridized carbons (Fsp3) is 0.188. The lowest BCUT2D eigenvalue weighted by atomic mass is 10.1. The van der Waals surface area contributed by atoms with Crippen molar-refractivity contribution in [2.45, 2.75) is 19.9 Å². The Labute approximate surface area is 112 Å². The molecule has 3 rings (SSSR count). The monoisotopic (exact) mass is 251 g/mol. The number of hydrogen-bond donors (Lipinski definition) is 1. The fourth-order valence-corrected chi connectivity index (χ4v) is 2.51. The Kier molecular flexibility index (Phi) is 3.05. The average molecular weight is 251 g/mol. The molecule has 2 heterocycles. The summed E-state index contributed by atoms with van der Waals surface area (Å²) in [7, 11) is 0. The van der Waals surface area contributed by atoms with E-state index in [4.69, 9.17) is 10.7 Å². The number of aromatic nitrogens is 2. The molecular weight excluding hydrogens is 234 g/mol. The maximum atomic E-state index is 5.92. The normalized spacial score (nSPS) is 11.1. The van der Waals surface area contributed by atoms with Gasteiger partial charge in [-0.05, 0) is 24.6 Å². The van der Waals surface area contributed by atoms with E-state index in [1.54, 1.807) is 0 Å². The molecule has 2 N–H and O–H groups in total. The van der Waals surface area contributed by atoms with Crippen molar-refractivity contribution in [1.29, 1.82) is 0 Å². The van der Waals surface area contributed by atoms with Crippen molar-refractivity contribution in [3.05, 3.63) is 71.2 Å². The van der Waals surface area contributed by atoms with E-state index in [-0.39, 0.29) is 0 Å². The van der Waals surface area contributed by atoms with Gasteiger partial charge in [-0.15, -0.1) is 0 Å². The summed E-state index contributed by atoms with van der Waals surface area (Å²) in [6.45, 7) is 2.59. The number of hydrogen-bond acceptors (Lipinski definition) is 2. The second kappa shape index (κ2) is 4.86. The second-order valence-electron chi connectivity index (χ2n) is 4.73. The van der Waals surface area contributed by atoms with Crippen LogP contribution in [0, 0.1) is 6.92 Å². The first-order valence-electron chi connectivity index (χ1n) is 6.49. The minimum absolute atomic E-state index is 0.508. The lowest BCUT2D eigenvalue weighted by molar-refractivity contribution is 0.906. The molecule has 0 aliphatic carbocycles. The summed E-state index contributed by atoms with van der Waals surface area (Å²) in [4.78, 5) is 4.72. The summed E-state index contributed by atoms with van der Waals surface area (Å²) in [5.41, 5.74) is 11.5. The minimum atomic E-state index is 0.508. The van der Waals surface area contributed by atoms with E-state index in [2.05, 4.69) is 41.7 Å². The summed E-state index contributed by atoms with van der Waals surface area (Å²) in [5, 5.41) is 0. The highest BCUT2D eigenvalue weighted by molar-refractivity contribution is 5.46. The summed E-state index contributed by atoms with van der Waals surface area (Å²) < 4.78 is 2.15. The van der Waals surface area contributed by atoms with Gasteiger partial charge in [0.2, 0.25) is 0 Å². The molecule has 0 saturated heterocycles. The topological polar surface area (TPSA) is 43.3 Å². The molecule has 0 aliphatic rings. The third-order valence-corrected chi connectivity index (χ3v) is 3.42. The van der Waals surface area contributed by atoms with E-state index in [0.717, 1.165) is 23.5 Å². The molecule has 0 saturated carbocycles. The van der Waals surface area contributed by atoms with Crippen molar-refractivity contribution in [1.82, 2.24) is 9.38 Å². The predicted octanol–water partition coefficient (Wildman–Crippen LogP) is 2.69. The van der Waals surface area contributed by atoms with E-state index in [1.165, 1.54) is 11.3 Å². The molecule has 19 heavy (non-hydrogen) atoms. The van der Waals surface area contributed by atoms with Gasteiger partial charge >= 0.3 is 0 Å². The van der Waals surface area contributed by atoms with Gasteiger partial charge in [-0.2, -0.15) is 0 Å². The smallest absolute Gasteiger partial charge is 0.137 e. The SMILES string of the molecule is Cc1cccc2nc(Cc3ccccc3)c(CN)n12. The summed E-state index contributed by atoms with van der Waals surface area (Å²) in [5.74, 6) is 0. The van der Waals surface area contributed by atoms with E-state index < -0.39 is 0 Å². The van der Waals surface area contributed by atoms with Gasteiger partial charge in [0, 0.05) is 18.7 Å². The third kappa shape index (κ3) is 2.13. The average Bonchev–Trinajstić information content (AvgIpc) is 2.78. The number of aryl methyl sites for hydroxylation is 1. The fourth-order valence-electron chi connectivity index (χ4n) is 2.51. The number of pyridine rings is 1. The molecule has 0 aliphatic heterocycles. The second-order valence-corrected chi connectivity index (χ2v) is 4.73. The molecule has 0 radical (unpaired) electrons. The number of rotatable bonds is 3. The number of fused-ring (bicyclic) bond motifs is 1. The van der Waals surface area contributed by atoms with Gasteiger partial charge in [-0.25, -0.2) is 4.98 Å². The maximum absolute atomic E-state index is 5.92. The Bertz CT molecular complexity index is 699. The van der Waals surface area contributed by atoms with Crippen LogP contribution in [-0.4, -0.2) is 9.38 Å². The van der Waals surface area contributed by atoms with Crippen molar-refractivity contribution >= 4 is 5.65 Å². The Morgan fingerprint density at radius 2 is 1.84 bits per heavy atom. The molecule has 3 aromatic rings. The molecule has 2 aromatic heterocycles. The first kappa shape index (κ1) is 11.9. The largest absolute Gasteiger partial charge is 0.325 e. The number of nitrogens with zero attached hydrogens (tertiary/aromatic N) is 2. The van der Waals surface area contributed by atoms with Crippen LogP contribution in [0.3, 0.4) is 0 Å². The lowest BCUT2D eigenvalue weighted by Gasteiger charge is -2.05. The van der Waals surface area contributed by atoms with Crippen LogP contribution in [0.4, 0.5) is 0 Å². The number of imidazole rings is 1. The Hall–Kier alpha value is -2.13. The molecule has 3 nitrogen and oxygen atoms in total. The van der Waals surface area contributed by atoms with Crippen molar-refractivity contribution in [2.75, 3.05) is 0 Å². The molecule has 0 atom stereocenters. The first-order chi connectivity index (χ1) is 9.29. The van der Waals surface area contributed by atoms with E-state index >= 15 is 0 Å². The van der Waals surface area contributed by atoms with Crippen molar-refractivity contribution in [3.63, 3.8) is 0 Å². The van der Waals surface area contributed by atoms with Crippen molar-refractivity contribution in [3.8, 4) is 0 Å². The van der Waals surface area contributed by atoms with Crippen LogP contribution in [0.1, 0.15) is 22.6 Å². The molecular formula is C16H17N3. The van der Waals surface area contributed by atoms with E-state index in [1.807, 2.05) is 18.2 Å². The van der Waals surface area contributed by atoms with Gasteiger partial charge in [0.25, 0.3) is 0 Å². The van der Waals surface area contributed by atoms with Crippen LogP contribution in [0.15, 0.2) is 48.5 Å². The molecule has 0 spiro atoms. The summed E-state index contributed by atoms with van der Waals surface area (Å²) >= 11 is 0. The highest BCUT2D eigenvalue weighted by Crippen LogP contribution is 2.18. The molecule has 1 aromatic carbocycles.